The molecule has 1 aliphatic rings. The maximum Gasteiger partial charge on any atom is 0.271 e. The smallest absolute Gasteiger partial charge is 0.271 e. The molecule has 2 aromatic heterocycles. The summed E-state index contributed by atoms with van der Waals surface area (Å²) in [5.41, 5.74) is 3.17. The Morgan fingerprint density at radius 2 is 1.97 bits per heavy atom. The van der Waals surface area contributed by atoms with Crippen molar-refractivity contribution in [3.05, 3.63) is 52.0 Å². The largest absolute Gasteiger partial charge is 0.460 e. The Morgan fingerprint density at radius 1 is 1.24 bits per heavy atom. The predicted octanol–water partition coefficient (Wildman–Crippen LogP) is 5.65. The van der Waals surface area contributed by atoms with Gasteiger partial charge >= 0.3 is 0 Å². The number of carbonyl (C=O) groups is 1. The second kappa shape index (κ2) is 10.9. The Balaban J connectivity index is 0.00000306. The van der Waals surface area contributed by atoms with Crippen LogP contribution in [0.4, 0.5) is 0 Å². The third-order valence-electron chi connectivity index (χ3n) is 6.49. The van der Waals surface area contributed by atoms with Gasteiger partial charge in [0, 0.05) is 34.1 Å². The van der Waals surface area contributed by atoms with E-state index in [1.54, 1.807) is 0 Å². The molecule has 0 atom stereocenters. The monoisotopic (exact) mass is 492 g/mol. The number of amides is 1. The zero-order valence-corrected chi connectivity index (χ0v) is 21.4. The summed E-state index contributed by atoms with van der Waals surface area (Å²) in [6.07, 6.45) is 2.27. The van der Waals surface area contributed by atoms with E-state index < -0.39 is 0 Å². The molecule has 0 bridgehead atoms. The molecule has 0 saturated carbocycles. The van der Waals surface area contributed by atoms with E-state index in [2.05, 4.69) is 42.2 Å². The van der Waals surface area contributed by atoms with E-state index in [0.717, 1.165) is 60.5 Å². The van der Waals surface area contributed by atoms with E-state index in [4.69, 9.17) is 16.0 Å². The van der Waals surface area contributed by atoms with Crippen LogP contribution in [0, 0.1) is 12.8 Å². The normalized spacial score (nSPS) is 15.2. The third-order valence-corrected chi connectivity index (χ3v) is 6.70. The van der Waals surface area contributed by atoms with E-state index in [0.29, 0.717) is 35.6 Å². The van der Waals surface area contributed by atoms with E-state index in [9.17, 15) is 4.79 Å². The van der Waals surface area contributed by atoms with Gasteiger partial charge in [0.05, 0.1) is 6.54 Å². The van der Waals surface area contributed by atoms with Crippen LogP contribution in [-0.4, -0.2) is 46.8 Å². The summed E-state index contributed by atoms with van der Waals surface area (Å²) in [5, 5.41) is 9.33. The van der Waals surface area contributed by atoms with Crippen molar-refractivity contribution < 1.29 is 9.21 Å². The number of aryl methyl sites for hydroxylation is 1. The van der Waals surface area contributed by atoms with Crippen molar-refractivity contribution in [3.8, 4) is 0 Å². The number of hydrogen-bond acceptors (Lipinski definition) is 4. The van der Waals surface area contributed by atoms with Crippen molar-refractivity contribution in [3.63, 3.8) is 0 Å². The molecule has 3 heterocycles. The minimum Gasteiger partial charge on any atom is -0.460 e. The molecule has 1 amide bonds. The van der Waals surface area contributed by atoms with Crippen molar-refractivity contribution in [1.29, 1.82) is 0 Å². The summed E-state index contributed by atoms with van der Waals surface area (Å²) >= 11 is 6.37. The summed E-state index contributed by atoms with van der Waals surface area (Å²) in [4.78, 5) is 15.2. The molecule has 3 aromatic rings. The molecule has 1 saturated heterocycles. The van der Waals surface area contributed by atoms with Gasteiger partial charge in [-0.3, -0.25) is 9.48 Å². The van der Waals surface area contributed by atoms with Crippen molar-refractivity contribution in [2.75, 3.05) is 26.2 Å². The van der Waals surface area contributed by atoms with Crippen molar-refractivity contribution in [2.24, 2.45) is 5.92 Å². The SMILES string of the molecule is CCN1CCC(CNC(=O)c2cc(C)n(Cc3cc(Cl)cc4cc(C(C)C)oc34)n2)CC1.Cl. The number of halogens is 2. The first-order valence-corrected chi connectivity index (χ1v) is 12.0. The van der Waals surface area contributed by atoms with Crippen molar-refractivity contribution in [2.45, 2.75) is 53.0 Å². The van der Waals surface area contributed by atoms with Gasteiger partial charge in [-0.1, -0.05) is 32.4 Å². The highest BCUT2D eigenvalue weighted by Crippen LogP contribution is 2.31. The third kappa shape index (κ3) is 5.92. The molecule has 0 unspecified atom stereocenters. The fourth-order valence-electron chi connectivity index (χ4n) is 4.38. The Morgan fingerprint density at radius 3 is 2.64 bits per heavy atom. The zero-order chi connectivity index (χ0) is 22.8. The molecule has 33 heavy (non-hydrogen) atoms. The molecule has 1 N–H and O–H groups in total. The molecule has 1 fully saturated rings. The van der Waals surface area contributed by atoms with Gasteiger partial charge in [-0.2, -0.15) is 5.10 Å². The van der Waals surface area contributed by atoms with Crippen LogP contribution in [-0.2, 0) is 6.54 Å². The highest BCUT2D eigenvalue weighted by molar-refractivity contribution is 6.31. The van der Waals surface area contributed by atoms with Crippen LogP contribution >= 0.6 is 24.0 Å². The maximum atomic E-state index is 12.7. The molecule has 6 nitrogen and oxygen atoms in total. The summed E-state index contributed by atoms with van der Waals surface area (Å²) in [6.45, 7) is 12.9. The number of rotatable bonds is 7. The number of piperidine rings is 1. The molecule has 0 aliphatic carbocycles. The highest BCUT2D eigenvalue weighted by Gasteiger charge is 2.20. The van der Waals surface area contributed by atoms with Gasteiger partial charge in [0.15, 0.2) is 0 Å². The van der Waals surface area contributed by atoms with E-state index >= 15 is 0 Å². The maximum absolute atomic E-state index is 12.7. The molecule has 8 heteroatoms. The molecule has 1 aromatic carbocycles. The van der Waals surface area contributed by atoms with Crippen LogP contribution in [0.3, 0.4) is 0 Å². The predicted molar refractivity (Wildman–Crippen MR) is 136 cm³/mol. The number of furan rings is 1. The van der Waals surface area contributed by atoms with E-state index in [1.807, 2.05) is 29.8 Å². The van der Waals surface area contributed by atoms with Crippen LogP contribution in [0.25, 0.3) is 11.0 Å². The molecule has 180 valence electrons. The number of likely N-dealkylation sites (tertiary alicyclic amines) is 1. The lowest BCUT2D eigenvalue weighted by atomic mass is 9.97. The van der Waals surface area contributed by atoms with Crippen LogP contribution in [0.15, 0.2) is 28.7 Å². The molecular weight excluding hydrogens is 459 g/mol. The Bertz CT molecular complexity index is 1100. The summed E-state index contributed by atoms with van der Waals surface area (Å²) in [6, 6.07) is 7.74. The number of hydrogen-bond donors (Lipinski definition) is 1. The second-order valence-electron chi connectivity index (χ2n) is 9.20. The zero-order valence-electron chi connectivity index (χ0n) is 19.9. The average molecular weight is 493 g/mol. The van der Waals surface area contributed by atoms with Crippen molar-refractivity contribution in [1.82, 2.24) is 20.0 Å². The van der Waals surface area contributed by atoms with Crippen LogP contribution in [0.1, 0.15) is 67.0 Å². The number of nitrogens with zero attached hydrogens (tertiary/aromatic N) is 3. The quantitative estimate of drug-likeness (QED) is 0.462. The Labute approximate surface area is 207 Å². The van der Waals surface area contributed by atoms with Gasteiger partial charge < -0.3 is 14.6 Å². The number of carbonyl (C=O) groups excluding carboxylic acids is 1. The Kier molecular flexibility index (Phi) is 8.48. The first-order chi connectivity index (χ1) is 15.3. The first-order valence-electron chi connectivity index (χ1n) is 11.6. The minimum atomic E-state index is -0.110. The van der Waals surface area contributed by atoms with Gasteiger partial charge in [-0.15, -0.1) is 12.4 Å². The lowest BCUT2D eigenvalue weighted by Gasteiger charge is -2.30. The van der Waals surface area contributed by atoms with Gasteiger partial charge in [0.1, 0.15) is 17.0 Å². The summed E-state index contributed by atoms with van der Waals surface area (Å²) in [7, 11) is 0. The number of aromatic nitrogens is 2. The van der Waals surface area contributed by atoms with Crippen molar-refractivity contribution >= 4 is 40.9 Å². The minimum absolute atomic E-state index is 0. The van der Waals surface area contributed by atoms with Gasteiger partial charge in [-0.05, 0) is 69.6 Å². The average Bonchev–Trinajstić information content (AvgIpc) is 3.36. The standard InChI is InChI=1S/C25H33ClN4O2.ClH/c1-5-29-8-6-18(7-9-29)14-27-25(31)22-10-17(4)30(28-22)15-20-12-21(26)11-19-13-23(16(2)3)32-24(19)20;/h10-13,16,18H,5-9,14-15H2,1-4H3,(H,27,31);1H. The van der Waals surface area contributed by atoms with E-state index in [-0.39, 0.29) is 18.3 Å². The molecule has 0 radical (unpaired) electrons. The van der Waals surface area contributed by atoms with E-state index in [1.165, 1.54) is 0 Å². The second-order valence-corrected chi connectivity index (χ2v) is 9.64. The fourth-order valence-corrected chi connectivity index (χ4v) is 4.63. The molecule has 0 spiro atoms. The van der Waals surface area contributed by atoms with Gasteiger partial charge in [-0.25, -0.2) is 0 Å². The molecule has 4 rings (SSSR count). The number of fused-ring (bicyclic) bond motifs is 1. The lowest BCUT2D eigenvalue weighted by molar-refractivity contribution is 0.0931. The van der Waals surface area contributed by atoms with Gasteiger partial charge in [0.25, 0.3) is 5.91 Å². The Hall–Kier alpha value is -2.02. The summed E-state index contributed by atoms with van der Waals surface area (Å²) in [5.74, 6) is 1.66. The number of benzene rings is 1. The van der Waals surface area contributed by atoms with Crippen LogP contribution in [0.2, 0.25) is 5.02 Å². The fraction of sp³-hybridized carbons (Fsp3) is 0.520. The molecule has 1 aliphatic heterocycles. The number of nitrogens with one attached hydrogen (secondary N) is 1. The van der Waals surface area contributed by atoms with Gasteiger partial charge in [0.2, 0.25) is 0 Å². The topological polar surface area (TPSA) is 63.3 Å². The van der Waals surface area contributed by atoms with Crippen LogP contribution < -0.4 is 5.32 Å². The van der Waals surface area contributed by atoms with Crippen LogP contribution in [0.5, 0.6) is 0 Å². The first kappa shape index (κ1) is 25.6. The molecular formula is C25H34Cl2N4O2. The highest BCUT2D eigenvalue weighted by atomic mass is 35.5. The lowest BCUT2D eigenvalue weighted by Crippen LogP contribution is -2.38. The summed E-state index contributed by atoms with van der Waals surface area (Å²) < 4.78 is 7.97.